The van der Waals surface area contributed by atoms with Gasteiger partial charge in [0.05, 0.1) is 23.9 Å². The third-order valence-corrected chi connectivity index (χ3v) is 8.35. The van der Waals surface area contributed by atoms with E-state index in [0.717, 1.165) is 25.7 Å². The van der Waals surface area contributed by atoms with Gasteiger partial charge in [-0.2, -0.15) is 0 Å². The Kier molecular flexibility index (Phi) is 4.82. The van der Waals surface area contributed by atoms with Crippen LogP contribution in [0.4, 0.5) is 0 Å². The standard InChI is InChI=1S/C20H36O5/c1-17(12-22)8-7-15(23)20(4)13(17)5-9-18(2)14(20)6-10-19(3,25-18)16(24)11-21/h13-16,21-24H,5-12H2,1-4H3/t13-,14-,15+,16?,17-,18+,19+,20-/m0/s1. The molecule has 3 fully saturated rings. The zero-order valence-corrected chi connectivity index (χ0v) is 16.2. The molecule has 8 atom stereocenters. The molecule has 25 heavy (non-hydrogen) atoms. The Balaban J connectivity index is 1.96. The highest BCUT2D eigenvalue weighted by Gasteiger charge is 2.65. The van der Waals surface area contributed by atoms with E-state index in [9.17, 15) is 20.4 Å². The van der Waals surface area contributed by atoms with Crippen molar-refractivity contribution in [3.05, 3.63) is 0 Å². The molecule has 1 aliphatic heterocycles. The summed E-state index contributed by atoms with van der Waals surface area (Å²) >= 11 is 0. The fraction of sp³-hybridized carbons (Fsp3) is 1.00. The second-order valence-corrected chi connectivity index (χ2v) is 9.84. The summed E-state index contributed by atoms with van der Waals surface area (Å²) in [5.41, 5.74) is -1.62. The molecule has 1 saturated heterocycles. The maximum Gasteiger partial charge on any atom is 0.106 e. The van der Waals surface area contributed by atoms with Crippen LogP contribution in [0, 0.1) is 22.7 Å². The van der Waals surface area contributed by atoms with E-state index in [-0.39, 0.29) is 35.9 Å². The number of rotatable bonds is 3. The quantitative estimate of drug-likeness (QED) is 0.620. The molecule has 1 unspecified atom stereocenters. The molecule has 0 spiro atoms. The topological polar surface area (TPSA) is 90.2 Å². The summed E-state index contributed by atoms with van der Waals surface area (Å²) in [7, 11) is 0. The van der Waals surface area contributed by atoms with Gasteiger partial charge in [-0.15, -0.1) is 0 Å². The molecule has 146 valence electrons. The van der Waals surface area contributed by atoms with Gasteiger partial charge >= 0.3 is 0 Å². The SMILES string of the molecule is C[C@@]1(CO)CC[C@@H](O)[C@]2(C)[C@H]3CC[C@](C)(C(O)CO)O[C@]3(C)CC[C@@H]12. The van der Waals surface area contributed by atoms with E-state index >= 15 is 0 Å². The van der Waals surface area contributed by atoms with Crippen molar-refractivity contribution in [1.29, 1.82) is 0 Å². The maximum absolute atomic E-state index is 11.0. The van der Waals surface area contributed by atoms with Crippen LogP contribution in [-0.4, -0.2) is 57.0 Å². The van der Waals surface area contributed by atoms with E-state index < -0.39 is 23.4 Å². The smallest absolute Gasteiger partial charge is 0.106 e. The molecule has 0 aromatic heterocycles. The Morgan fingerprint density at radius 2 is 1.60 bits per heavy atom. The van der Waals surface area contributed by atoms with Crippen LogP contribution in [0.3, 0.4) is 0 Å². The minimum atomic E-state index is -0.894. The average molecular weight is 357 g/mol. The number of ether oxygens (including phenoxy) is 1. The number of aliphatic hydroxyl groups is 4. The van der Waals surface area contributed by atoms with Crippen molar-refractivity contribution in [2.45, 2.75) is 89.6 Å². The van der Waals surface area contributed by atoms with Crippen LogP contribution < -0.4 is 0 Å². The van der Waals surface area contributed by atoms with Crippen molar-refractivity contribution >= 4 is 0 Å². The van der Waals surface area contributed by atoms with Gasteiger partial charge in [0.1, 0.15) is 6.10 Å². The van der Waals surface area contributed by atoms with Crippen molar-refractivity contribution in [2.24, 2.45) is 22.7 Å². The third-order valence-electron chi connectivity index (χ3n) is 8.35. The minimum absolute atomic E-state index is 0.152. The summed E-state index contributed by atoms with van der Waals surface area (Å²) < 4.78 is 6.50. The van der Waals surface area contributed by atoms with Crippen molar-refractivity contribution in [3.8, 4) is 0 Å². The Morgan fingerprint density at radius 3 is 2.20 bits per heavy atom. The lowest BCUT2D eigenvalue weighted by Crippen LogP contribution is -2.68. The monoisotopic (exact) mass is 356 g/mol. The minimum Gasteiger partial charge on any atom is -0.396 e. The van der Waals surface area contributed by atoms with Crippen molar-refractivity contribution in [1.82, 2.24) is 0 Å². The van der Waals surface area contributed by atoms with Crippen LogP contribution in [0.25, 0.3) is 0 Å². The van der Waals surface area contributed by atoms with Crippen LogP contribution in [-0.2, 0) is 4.74 Å². The molecule has 5 nitrogen and oxygen atoms in total. The molecule has 2 aliphatic carbocycles. The zero-order chi connectivity index (χ0) is 18.7. The summed E-state index contributed by atoms with van der Waals surface area (Å²) in [6.45, 7) is 8.20. The molecule has 0 radical (unpaired) electrons. The molecule has 5 heteroatoms. The van der Waals surface area contributed by atoms with E-state index in [0.29, 0.717) is 12.8 Å². The van der Waals surface area contributed by atoms with Crippen molar-refractivity contribution in [2.75, 3.05) is 13.2 Å². The molecular weight excluding hydrogens is 320 g/mol. The molecule has 0 aromatic carbocycles. The first-order valence-electron chi connectivity index (χ1n) is 9.84. The van der Waals surface area contributed by atoms with Crippen LogP contribution in [0.1, 0.15) is 66.2 Å². The van der Waals surface area contributed by atoms with Gasteiger partial charge in [0, 0.05) is 12.0 Å². The number of aliphatic hydroxyl groups excluding tert-OH is 4. The van der Waals surface area contributed by atoms with Crippen molar-refractivity contribution in [3.63, 3.8) is 0 Å². The first-order valence-corrected chi connectivity index (χ1v) is 9.84. The van der Waals surface area contributed by atoms with Gasteiger partial charge in [-0.1, -0.05) is 13.8 Å². The van der Waals surface area contributed by atoms with Crippen LogP contribution in [0.2, 0.25) is 0 Å². The summed E-state index contributed by atoms with van der Waals surface area (Å²) in [5, 5.41) is 40.7. The van der Waals surface area contributed by atoms with Gasteiger partial charge in [0.2, 0.25) is 0 Å². The molecule has 2 saturated carbocycles. The fourth-order valence-corrected chi connectivity index (χ4v) is 6.70. The maximum atomic E-state index is 11.0. The predicted octanol–water partition coefficient (Wildman–Crippen LogP) is 1.85. The number of hydrogen-bond donors (Lipinski definition) is 4. The van der Waals surface area contributed by atoms with Gasteiger partial charge in [-0.3, -0.25) is 0 Å². The van der Waals surface area contributed by atoms with Gasteiger partial charge in [0.15, 0.2) is 0 Å². The second kappa shape index (κ2) is 6.16. The largest absolute Gasteiger partial charge is 0.396 e. The molecule has 3 rings (SSSR count). The molecule has 0 amide bonds. The van der Waals surface area contributed by atoms with Crippen LogP contribution >= 0.6 is 0 Å². The number of hydrogen-bond acceptors (Lipinski definition) is 5. The lowest BCUT2D eigenvalue weighted by atomic mass is 9.43. The first-order chi connectivity index (χ1) is 11.6. The first kappa shape index (κ1) is 19.6. The summed E-state index contributed by atoms with van der Waals surface area (Å²) in [6, 6.07) is 0. The normalized spacial score (nSPS) is 54.5. The Labute approximate surface area is 151 Å². The summed E-state index contributed by atoms with van der Waals surface area (Å²) in [6.07, 6.45) is 3.57. The lowest BCUT2D eigenvalue weighted by molar-refractivity contribution is -0.303. The van der Waals surface area contributed by atoms with Crippen LogP contribution in [0.15, 0.2) is 0 Å². The lowest BCUT2D eigenvalue weighted by Gasteiger charge is -2.67. The molecule has 1 heterocycles. The molecule has 3 aliphatic rings. The average Bonchev–Trinajstić information content (AvgIpc) is 2.57. The highest BCUT2D eigenvalue weighted by molar-refractivity contribution is 5.14. The Bertz CT molecular complexity index is 512. The van der Waals surface area contributed by atoms with Gasteiger partial charge in [0.25, 0.3) is 0 Å². The molecule has 0 bridgehead atoms. The van der Waals surface area contributed by atoms with Gasteiger partial charge in [-0.25, -0.2) is 0 Å². The summed E-state index contributed by atoms with van der Waals surface area (Å²) in [5.74, 6) is 0.446. The third kappa shape index (κ3) is 2.69. The van der Waals surface area contributed by atoms with Gasteiger partial charge < -0.3 is 25.2 Å². The second-order valence-electron chi connectivity index (χ2n) is 9.84. The van der Waals surface area contributed by atoms with E-state index in [1.54, 1.807) is 0 Å². The van der Waals surface area contributed by atoms with Crippen molar-refractivity contribution < 1.29 is 25.2 Å². The fourth-order valence-electron chi connectivity index (χ4n) is 6.70. The Morgan fingerprint density at radius 1 is 0.960 bits per heavy atom. The Hall–Kier alpha value is -0.200. The number of fused-ring (bicyclic) bond motifs is 3. The predicted molar refractivity (Wildman–Crippen MR) is 95.0 cm³/mol. The van der Waals surface area contributed by atoms with Crippen LogP contribution in [0.5, 0.6) is 0 Å². The van der Waals surface area contributed by atoms with E-state index in [1.165, 1.54) is 0 Å². The highest BCUT2D eigenvalue weighted by atomic mass is 16.5. The molecule has 0 aromatic rings. The van der Waals surface area contributed by atoms with E-state index in [4.69, 9.17) is 4.74 Å². The van der Waals surface area contributed by atoms with Gasteiger partial charge in [-0.05, 0) is 69.6 Å². The van der Waals surface area contributed by atoms with E-state index in [1.807, 2.05) is 6.92 Å². The molecule has 4 N–H and O–H groups in total. The molecular formula is C20H36O5. The zero-order valence-electron chi connectivity index (χ0n) is 16.2. The summed E-state index contributed by atoms with van der Waals surface area (Å²) in [4.78, 5) is 0. The van der Waals surface area contributed by atoms with E-state index in [2.05, 4.69) is 20.8 Å². The highest BCUT2D eigenvalue weighted by Crippen LogP contribution is 2.65.